The molecule has 1 aromatic rings. The van der Waals surface area contributed by atoms with Crippen LogP contribution in [0, 0.1) is 5.82 Å². The summed E-state index contributed by atoms with van der Waals surface area (Å²) in [4.78, 5) is 21.5. The molecule has 3 heterocycles. The van der Waals surface area contributed by atoms with Crippen LogP contribution in [0.15, 0.2) is 28.1 Å². The third-order valence-electron chi connectivity index (χ3n) is 4.75. The van der Waals surface area contributed by atoms with Gasteiger partial charge in [0, 0.05) is 37.3 Å². The second-order valence-corrected chi connectivity index (χ2v) is 7.30. The van der Waals surface area contributed by atoms with Crippen molar-refractivity contribution in [3.63, 3.8) is 0 Å². The summed E-state index contributed by atoms with van der Waals surface area (Å²) in [7, 11) is 0. The zero-order chi connectivity index (χ0) is 18.7. The maximum absolute atomic E-state index is 13.1. The molecular formula is C19H24FN3O2S. The van der Waals surface area contributed by atoms with Crippen molar-refractivity contribution < 1.29 is 14.3 Å². The zero-order valence-electron chi connectivity index (χ0n) is 15.1. The number of phenols is 1. The van der Waals surface area contributed by atoms with Crippen LogP contribution in [0.25, 0.3) is 6.08 Å². The quantitative estimate of drug-likeness (QED) is 0.761. The van der Waals surface area contributed by atoms with Crippen molar-refractivity contribution in [1.82, 2.24) is 9.80 Å². The van der Waals surface area contributed by atoms with E-state index in [0.717, 1.165) is 30.9 Å². The molecular weight excluding hydrogens is 353 g/mol. The summed E-state index contributed by atoms with van der Waals surface area (Å²) in [5.41, 5.74) is 0.421. The summed E-state index contributed by atoms with van der Waals surface area (Å²) in [5.74, 6) is -0.983. The van der Waals surface area contributed by atoms with Crippen LogP contribution in [0.3, 0.4) is 0 Å². The molecule has 3 aliphatic rings. The largest absolute Gasteiger partial charge is 0.507 e. The number of piperazine rings is 1. The van der Waals surface area contributed by atoms with E-state index >= 15 is 0 Å². The first-order chi connectivity index (χ1) is 12.6. The second kappa shape index (κ2) is 8.22. The Bertz CT molecular complexity index is 750. The van der Waals surface area contributed by atoms with Crippen LogP contribution in [-0.4, -0.2) is 58.2 Å². The van der Waals surface area contributed by atoms with E-state index in [2.05, 4.69) is 14.8 Å². The van der Waals surface area contributed by atoms with E-state index in [1.54, 1.807) is 6.08 Å². The molecule has 1 atom stereocenters. The minimum atomic E-state index is -0.508. The van der Waals surface area contributed by atoms with Crippen molar-refractivity contribution in [1.29, 1.82) is 0 Å². The standard InChI is InChI=1S/C17H18FN3O2S.C2H6/c18-12-4-3-11(14(22)9-12)8-15-16(23)19-17(24-15)21-7-6-20-5-1-2-13(20)10-21;1-2/h3-4,8-9,13,22H,1-2,5-7,10H2;1-2H3/b15-8-;. The number of fused-ring (bicyclic) bond motifs is 1. The molecule has 1 aromatic carbocycles. The average Bonchev–Trinajstić information content (AvgIpc) is 3.25. The molecule has 0 aromatic heterocycles. The van der Waals surface area contributed by atoms with Gasteiger partial charge in [0.15, 0.2) is 5.17 Å². The number of carbonyl (C=O) groups is 1. The van der Waals surface area contributed by atoms with E-state index in [1.165, 1.54) is 43.3 Å². The van der Waals surface area contributed by atoms with Crippen LogP contribution in [-0.2, 0) is 4.79 Å². The highest BCUT2D eigenvalue weighted by atomic mass is 32.2. The number of halogens is 1. The fourth-order valence-corrected chi connectivity index (χ4v) is 4.42. The van der Waals surface area contributed by atoms with E-state index in [0.29, 0.717) is 16.5 Å². The summed E-state index contributed by atoms with van der Waals surface area (Å²) >= 11 is 1.33. The predicted molar refractivity (Wildman–Crippen MR) is 104 cm³/mol. The van der Waals surface area contributed by atoms with Gasteiger partial charge in [0.1, 0.15) is 11.6 Å². The molecule has 1 unspecified atom stereocenters. The topological polar surface area (TPSA) is 56.1 Å². The Morgan fingerprint density at radius 2 is 2.12 bits per heavy atom. The van der Waals surface area contributed by atoms with Gasteiger partial charge >= 0.3 is 0 Å². The number of rotatable bonds is 1. The summed E-state index contributed by atoms with van der Waals surface area (Å²) in [6.45, 7) is 7.97. The molecule has 0 aliphatic carbocycles. The lowest BCUT2D eigenvalue weighted by Gasteiger charge is -2.38. The van der Waals surface area contributed by atoms with Gasteiger partial charge in [-0.05, 0) is 49.4 Å². The van der Waals surface area contributed by atoms with Gasteiger partial charge in [-0.2, -0.15) is 4.99 Å². The minimum Gasteiger partial charge on any atom is -0.507 e. The Hall–Kier alpha value is -1.86. The van der Waals surface area contributed by atoms with E-state index < -0.39 is 5.82 Å². The third kappa shape index (κ3) is 3.94. The highest BCUT2D eigenvalue weighted by Crippen LogP contribution is 2.33. The van der Waals surface area contributed by atoms with Crippen LogP contribution in [0.4, 0.5) is 4.39 Å². The van der Waals surface area contributed by atoms with Crippen LogP contribution in [0.5, 0.6) is 5.75 Å². The number of benzene rings is 1. The van der Waals surface area contributed by atoms with Gasteiger partial charge in [0.2, 0.25) is 0 Å². The summed E-state index contributed by atoms with van der Waals surface area (Å²) < 4.78 is 13.1. The number of carbonyl (C=O) groups excluding carboxylic acids is 1. The first kappa shape index (κ1) is 18.9. The molecule has 3 aliphatic heterocycles. The van der Waals surface area contributed by atoms with Crippen molar-refractivity contribution in [2.75, 3.05) is 26.2 Å². The molecule has 26 heavy (non-hydrogen) atoms. The highest BCUT2D eigenvalue weighted by molar-refractivity contribution is 8.18. The van der Waals surface area contributed by atoms with Crippen molar-refractivity contribution in [3.8, 4) is 5.75 Å². The molecule has 0 spiro atoms. The maximum Gasteiger partial charge on any atom is 0.286 e. The summed E-state index contributed by atoms with van der Waals surface area (Å²) in [6, 6.07) is 4.32. The SMILES string of the molecule is CC.O=C1N=C(N2CCN3CCCC3C2)S/C1=C\c1ccc(F)cc1O. The molecule has 4 rings (SSSR count). The van der Waals surface area contributed by atoms with Crippen LogP contribution >= 0.6 is 11.8 Å². The monoisotopic (exact) mass is 377 g/mol. The molecule has 7 heteroatoms. The van der Waals surface area contributed by atoms with Gasteiger partial charge in [-0.1, -0.05) is 13.8 Å². The van der Waals surface area contributed by atoms with Crippen molar-refractivity contribution in [2.24, 2.45) is 4.99 Å². The van der Waals surface area contributed by atoms with Gasteiger partial charge in [-0.3, -0.25) is 9.69 Å². The number of amides is 1. The number of aliphatic imine (C=N–C) groups is 1. The van der Waals surface area contributed by atoms with Crippen molar-refractivity contribution >= 4 is 28.9 Å². The average molecular weight is 377 g/mol. The zero-order valence-corrected chi connectivity index (χ0v) is 15.9. The Balaban J connectivity index is 0.000000948. The van der Waals surface area contributed by atoms with Gasteiger partial charge in [-0.15, -0.1) is 0 Å². The van der Waals surface area contributed by atoms with E-state index in [-0.39, 0.29) is 11.7 Å². The highest BCUT2D eigenvalue weighted by Gasteiger charge is 2.34. The van der Waals surface area contributed by atoms with Gasteiger partial charge in [0.25, 0.3) is 5.91 Å². The van der Waals surface area contributed by atoms with Crippen molar-refractivity contribution in [3.05, 3.63) is 34.5 Å². The smallest absolute Gasteiger partial charge is 0.286 e. The molecule has 2 saturated heterocycles. The Morgan fingerprint density at radius 1 is 1.31 bits per heavy atom. The number of aromatic hydroxyl groups is 1. The lowest BCUT2D eigenvalue weighted by atomic mass is 10.2. The fourth-order valence-electron chi connectivity index (χ4n) is 3.48. The van der Waals surface area contributed by atoms with Gasteiger partial charge < -0.3 is 10.0 Å². The molecule has 140 valence electrons. The predicted octanol–water partition coefficient (Wildman–Crippen LogP) is 3.31. The molecule has 0 saturated carbocycles. The third-order valence-corrected chi connectivity index (χ3v) is 5.79. The number of phenolic OH excluding ortho intramolecular Hbond substituents is 1. The Kier molecular flexibility index (Phi) is 5.98. The van der Waals surface area contributed by atoms with E-state index in [9.17, 15) is 14.3 Å². The lowest BCUT2D eigenvalue weighted by molar-refractivity contribution is -0.113. The normalized spacial score (nSPS) is 24.3. The Morgan fingerprint density at radius 3 is 2.88 bits per heavy atom. The molecule has 2 fully saturated rings. The number of nitrogens with zero attached hydrogens (tertiary/aromatic N) is 3. The number of amidine groups is 1. The fraction of sp³-hybridized carbons (Fsp3) is 0.474. The van der Waals surface area contributed by atoms with E-state index in [1.807, 2.05) is 13.8 Å². The van der Waals surface area contributed by atoms with Gasteiger partial charge in [-0.25, -0.2) is 4.39 Å². The molecule has 0 bridgehead atoms. The van der Waals surface area contributed by atoms with Crippen molar-refractivity contribution in [2.45, 2.75) is 32.7 Å². The number of thioether (sulfide) groups is 1. The first-order valence-electron chi connectivity index (χ1n) is 9.10. The molecule has 1 N–H and O–H groups in total. The first-order valence-corrected chi connectivity index (χ1v) is 9.92. The minimum absolute atomic E-state index is 0.177. The summed E-state index contributed by atoms with van der Waals surface area (Å²) in [5, 5.41) is 10.5. The molecule has 5 nitrogen and oxygen atoms in total. The van der Waals surface area contributed by atoms with E-state index in [4.69, 9.17) is 0 Å². The maximum atomic E-state index is 13.1. The molecule has 1 amide bonds. The van der Waals surface area contributed by atoms with Gasteiger partial charge in [0.05, 0.1) is 4.91 Å². The summed E-state index contributed by atoms with van der Waals surface area (Å²) in [6.07, 6.45) is 4.02. The Labute approximate surface area is 157 Å². The second-order valence-electron chi connectivity index (χ2n) is 6.29. The number of hydrogen-bond donors (Lipinski definition) is 1. The van der Waals surface area contributed by atoms with Crippen LogP contribution in [0.2, 0.25) is 0 Å². The van der Waals surface area contributed by atoms with Crippen LogP contribution < -0.4 is 0 Å². The van der Waals surface area contributed by atoms with Crippen LogP contribution in [0.1, 0.15) is 32.3 Å². The number of hydrogen-bond acceptors (Lipinski definition) is 5. The molecule has 0 radical (unpaired) electrons. The lowest BCUT2D eigenvalue weighted by Crippen LogP contribution is -2.51.